The molecule has 0 bridgehead atoms. The zero-order valence-electron chi connectivity index (χ0n) is 17.6. The number of benzene rings is 2. The van der Waals surface area contributed by atoms with Gasteiger partial charge in [-0.15, -0.1) is 0 Å². The minimum atomic E-state index is -3.54. The van der Waals surface area contributed by atoms with Gasteiger partial charge < -0.3 is 5.32 Å². The average Bonchev–Trinajstić information content (AvgIpc) is 3.19. The van der Waals surface area contributed by atoms with Crippen molar-refractivity contribution in [2.75, 3.05) is 11.1 Å². The van der Waals surface area contributed by atoms with Crippen molar-refractivity contribution >= 4 is 49.6 Å². The summed E-state index contributed by atoms with van der Waals surface area (Å²) in [7, 11) is -3.54. The SMILES string of the molecule is CCS(=O)(=O)c1ccc(CC(=O)Nc2nc3c(s2)C(=O)C(c2ccccc2Cl)CC3)c(F)c1. The van der Waals surface area contributed by atoms with Crippen LogP contribution < -0.4 is 5.32 Å². The standard InChI is InChI=1S/C23H20ClFN2O4S2/c1-2-33(30,31)14-8-7-13(18(25)12-14)11-20(28)27-23-26-19-10-9-16(21(29)22(19)32-23)15-5-3-4-6-17(15)24/h3-8,12,16H,2,9-11H2,1H3,(H,26,27,28). The summed E-state index contributed by atoms with van der Waals surface area (Å²) in [6.07, 6.45) is 0.856. The summed E-state index contributed by atoms with van der Waals surface area (Å²) in [6, 6.07) is 10.8. The lowest BCUT2D eigenvalue weighted by molar-refractivity contribution is -0.115. The van der Waals surface area contributed by atoms with E-state index in [4.69, 9.17) is 11.6 Å². The number of halogens is 2. The van der Waals surface area contributed by atoms with E-state index in [0.29, 0.717) is 28.4 Å². The van der Waals surface area contributed by atoms with Crippen molar-refractivity contribution in [3.05, 3.63) is 75.0 Å². The number of amides is 1. The van der Waals surface area contributed by atoms with Crippen LogP contribution in [0.2, 0.25) is 5.02 Å². The lowest BCUT2D eigenvalue weighted by Gasteiger charge is -2.20. The highest BCUT2D eigenvalue weighted by Gasteiger charge is 2.33. The molecule has 0 fully saturated rings. The van der Waals surface area contributed by atoms with Crippen LogP contribution in [0.5, 0.6) is 0 Å². The summed E-state index contributed by atoms with van der Waals surface area (Å²) < 4.78 is 38.2. The van der Waals surface area contributed by atoms with E-state index in [1.54, 1.807) is 6.07 Å². The van der Waals surface area contributed by atoms with E-state index >= 15 is 0 Å². The Morgan fingerprint density at radius 2 is 2.03 bits per heavy atom. The van der Waals surface area contributed by atoms with Crippen LogP contribution in [0.3, 0.4) is 0 Å². The number of hydrogen-bond donors (Lipinski definition) is 1. The van der Waals surface area contributed by atoms with Crippen LogP contribution >= 0.6 is 22.9 Å². The number of hydrogen-bond acceptors (Lipinski definition) is 6. The van der Waals surface area contributed by atoms with Gasteiger partial charge in [0.25, 0.3) is 0 Å². The summed E-state index contributed by atoms with van der Waals surface area (Å²) in [5.41, 5.74) is 1.47. The lowest BCUT2D eigenvalue weighted by Crippen LogP contribution is -2.19. The van der Waals surface area contributed by atoms with E-state index in [1.165, 1.54) is 19.1 Å². The van der Waals surface area contributed by atoms with Gasteiger partial charge in [0.2, 0.25) is 5.91 Å². The Labute approximate surface area is 199 Å². The number of ketones is 1. The fraction of sp³-hybridized carbons (Fsp3) is 0.261. The molecule has 0 spiro atoms. The number of carbonyl (C=O) groups excluding carboxylic acids is 2. The van der Waals surface area contributed by atoms with Crippen molar-refractivity contribution < 1.29 is 22.4 Å². The number of aryl methyl sites for hydroxylation is 1. The lowest BCUT2D eigenvalue weighted by atomic mass is 9.84. The van der Waals surface area contributed by atoms with E-state index < -0.39 is 21.6 Å². The topological polar surface area (TPSA) is 93.2 Å². The fourth-order valence-corrected chi connectivity index (χ4v) is 5.94. The number of sulfone groups is 1. The summed E-state index contributed by atoms with van der Waals surface area (Å²) in [5, 5.41) is 3.43. The van der Waals surface area contributed by atoms with Gasteiger partial charge in [0.05, 0.1) is 33.6 Å². The third-order valence-electron chi connectivity index (χ3n) is 5.55. The van der Waals surface area contributed by atoms with E-state index in [-0.39, 0.29) is 39.5 Å². The number of aromatic nitrogens is 1. The van der Waals surface area contributed by atoms with Gasteiger partial charge in [-0.3, -0.25) is 9.59 Å². The molecule has 1 aliphatic rings. The molecule has 1 aromatic heterocycles. The first kappa shape index (κ1) is 23.5. The van der Waals surface area contributed by atoms with Crippen LogP contribution in [0.4, 0.5) is 9.52 Å². The van der Waals surface area contributed by atoms with Crippen LogP contribution in [-0.2, 0) is 27.5 Å². The maximum absolute atomic E-state index is 14.4. The van der Waals surface area contributed by atoms with Crippen molar-refractivity contribution in [3.8, 4) is 0 Å². The number of nitrogens with zero attached hydrogens (tertiary/aromatic N) is 1. The second kappa shape index (κ2) is 9.32. The highest BCUT2D eigenvalue weighted by atomic mass is 35.5. The Bertz CT molecular complexity index is 1350. The molecule has 0 saturated carbocycles. The van der Waals surface area contributed by atoms with Gasteiger partial charge in [-0.1, -0.05) is 54.1 Å². The second-order valence-electron chi connectivity index (χ2n) is 7.65. The van der Waals surface area contributed by atoms with Crippen LogP contribution in [0.15, 0.2) is 47.4 Å². The molecule has 2 aromatic carbocycles. The van der Waals surface area contributed by atoms with E-state index in [1.807, 2.05) is 18.2 Å². The molecule has 1 unspecified atom stereocenters. The molecule has 0 aliphatic heterocycles. The van der Waals surface area contributed by atoms with Gasteiger partial charge in [-0.25, -0.2) is 17.8 Å². The monoisotopic (exact) mass is 506 g/mol. The third-order valence-corrected chi connectivity index (χ3v) is 8.65. The minimum absolute atomic E-state index is 0.0683. The molecule has 4 rings (SSSR count). The number of nitrogens with one attached hydrogen (secondary N) is 1. The van der Waals surface area contributed by atoms with Crippen molar-refractivity contribution in [3.63, 3.8) is 0 Å². The Morgan fingerprint density at radius 3 is 2.73 bits per heavy atom. The molecule has 1 aliphatic carbocycles. The maximum atomic E-state index is 14.4. The normalized spacial score (nSPS) is 15.8. The molecule has 10 heteroatoms. The van der Waals surface area contributed by atoms with Gasteiger partial charge in [0.15, 0.2) is 20.8 Å². The van der Waals surface area contributed by atoms with E-state index in [9.17, 15) is 22.4 Å². The first-order chi connectivity index (χ1) is 15.7. The highest BCUT2D eigenvalue weighted by molar-refractivity contribution is 7.91. The number of thiazole rings is 1. The molecule has 3 aromatic rings. The van der Waals surface area contributed by atoms with Gasteiger partial charge in [-0.2, -0.15) is 0 Å². The van der Waals surface area contributed by atoms with Crippen molar-refractivity contribution in [2.45, 2.75) is 37.0 Å². The van der Waals surface area contributed by atoms with Crippen molar-refractivity contribution in [1.82, 2.24) is 4.98 Å². The molecule has 33 heavy (non-hydrogen) atoms. The number of fused-ring (bicyclic) bond motifs is 1. The van der Waals surface area contributed by atoms with Crippen molar-refractivity contribution in [1.29, 1.82) is 0 Å². The zero-order chi connectivity index (χ0) is 23.8. The minimum Gasteiger partial charge on any atom is -0.302 e. The number of rotatable bonds is 6. The Kier molecular flexibility index (Phi) is 6.65. The van der Waals surface area contributed by atoms with Gasteiger partial charge in [-0.05, 0) is 42.2 Å². The van der Waals surface area contributed by atoms with Crippen LogP contribution in [-0.4, -0.2) is 30.8 Å². The molecule has 1 heterocycles. The van der Waals surface area contributed by atoms with Crippen LogP contribution in [0.1, 0.15) is 45.8 Å². The molecule has 1 atom stereocenters. The Balaban J connectivity index is 1.47. The molecule has 6 nitrogen and oxygen atoms in total. The van der Waals surface area contributed by atoms with Gasteiger partial charge >= 0.3 is 0 Å². The molecule has 0 saturated heterocycles. The molecular formula is C23H20ClFN2O4S2. The van der Waals surface area contributed by atoms with Crippen molar-refractivity contribution in [2.24, 2.45) is 0 Å². The molecule has 1 N–H and O–H groups in total. The van der Waals surface area contributed by atoms with Gasteiger partial charge in [0, 0.05) is 5.02 Å². The predicted octanol–water partition coefficient (Wildman–Crippen LogP) is 4.82. The highest BCUT2D eigenvalue weighted by Crippen LogP contribution is 2.39. The third kappa shape index (κ3) is 4.85. The first-order valence-electron chi connectivity index (χ1n) is 10.3. The summed E-state index contributed by atoms with van der Waals surface area (Å²) >= 11 is 7.36. The van der Waals surface area contributed by atoms with Crippen LogP contribution in [0, 0.1) is 5.82 Å². The van der Waals surface area contributed by atoms with Gasteiger partial charge in [0.1, 0.15) is 5.82 Å². The average molecular weight is 507 g/mol. The Hall–Kier alpha value is -2.62. The molecular weight excluding hydrogens is 487 g/mol. The molecule has 1 amide bonds. The van der Waals surface area contributed by atoms with E-state index in [0.717, 1.165) is 23.0 Å². The predicted molar refractivity (Wildman–Crippen MR) is 125 cm³/mol. The first-order valence-corrected chi connectivity index (χ1v) is 13.1. The zero-order valence-corrected chi connectivity index (χ0v) is 20.0. The molecule has 172 valence electrons. The number of Topliss-reactive ketones (excluding diaryl/α,β-unsaturated/α-hetero) is 1. The van der Waals surface area contributed by atoms with Crippen LogP contribution in [0.25, 0.3) is 0 Å². The molecule has 0 radical (unpaired) electrons. The fourth-order valence-electron chi connectivity index (χ4n) is 3.76. The summed E-state index contributed by atoms with van der Waals surface area (Å²) in [5.74, 6) is -1.86. The smallest absolute Gasteiger partial charge is 0.230 e. The Morgan fingerprint density at radius 1 is 1.27 bits per heavy atom. The number of anilines is 1. The largest absolute Gasteiger partial charge is 0.302 e. The maximum Gasteiger partial charge on any atom is 0.230 e. The number of carbonyl (C=O) groups is 2. The quantitative estimate of drug-likeness (QED) is 0.517. The second-order valence-corrected chi connectivity index (χ2v) is 11.3. The van der Waals surface area contributed by atoms with E-state index in [2.05, 4.69) is 10.3 Å². The summed E-state index contributed by atoms with van der Waals surface area (Å²) in [4.78, 5) is 30.2. The summed E-state index contributed by atoms with van der Waals surface area (Å²) in [6.45, 7) is 1.48.